The summed E-state index contributed by atoms with van der Waals surface area (Å²) in [5.41, 5.74) is 9.21. The summed E-state index contributed by atoms with van der Waals surface area (Å²) >= 11 is 12.1. The Kier molecular flexibility index (Phi) is 2.88. The van der Waals surface area contributed by atoms with E-state index in [2.05, 4.69) is 4.98 Å². The van der Waals surface area contributed by atoms with Crippen LogP contribution in [0.3, 0.4) is 0 Å². The van der Waals surface area contributed by atoms with Gasteiger partial charge in [0.1, 0.15) is 5.82 Å². The number of rotatable bonds is 1. The second-order valence-electron chi connectivity index (χ2n) is 4.33. The molecule has 0 bridgehead atoms. The minimum atomic E-state index is 0.439. The lowest BCUT2D eigenvalue weighted by atomic mass is 10.1. The van der Waals surface area contributed by atoms with Crippen LogP contribution >= 0.6 is 23.2 Å². The van der Waals surface area contributed by atoms with Gasteiger partial charge >= 0.3 is 0 Å². The maximum absolute atomic E-state index is 6.07. The van der Waals surface area contributed by atoms with Crippen molar-refractivity contribution in [1.29, 1.82) is 0 Å². The van der Waals surface area contributed by atoms with Crippen LogP contribution in [0.4, 0.5) is 5.69 Å². The molecule has 0 spiro atoms. The van der Waals surface area contributed by atoms with Gasteiger partial charge in [0.25, 0.3) is 0 Å². The lowest BCUT2D eigenvalue weighted by molar-refractivity contribution is 0.960. The summed E-state index contributed by atoms with van der Waals surface area (Å²) in [6.45, 7) is 0. The summed E-state index contributed by atoms with van der Waals surface area (Å²) in [6.07, 6.45) is 0. The van der Waals surface area contributed by atoms with Crippen LogP contribution in [0.5, 0.6) is 0 Å². The van der Waals surface area contributed by atoms with E-state index in [0.29, 0.717) is 15.7 Å². The highest BCUT2D eigenvalue weighted by molar-refractivity contribution is 6.37. The highest BCUT2D eigenvalue weighted by atomic mass is 35.5. The molecule has 0 radical (unpaired) electrons. The molecule has 3 nitrogen and oxygen atoms in total. The van der Waals surface area contributed by atoms with Crippen LogP contribution in [0.25, 0.3) is 22.4 Å². The van der Waals surface area contributed by atoms with E-state index >= 15 is 0 Å². The second-order valence-corrected chi connectivity index (χ2v) is 5.18. The molecule has 0 aliphatic carbocycles. The third-order valence-electron chi connectivity index (χ3n) is 3.12. The number of nitrogens with two attached hydrogens (primary N) is 1. The highest BCUT2D eigenvalue weighted by Crippen LogP contribution is 2.35. The molecule has 3 aromatic rings. The summed E-state index contributed by atoms with van der Waals surface area (Å²) < 4.78 is 1.98. The van der Waals surface area contributed by atoms with Crippen molar-refractivity contribution in [2.75, 3.05) is 5.73 Å². The van der Waals surface area contributed by atoms with Gasteiger partial charge in [-0.05, 0) is 24.3 Å². The Labute approximate surface area is 120 Å². The molecule has 2 aromatic carbocycles. The molecular formula is C14H11Cl2N3. The first-order chi connectivity index (χ1) is 9.08. The number of para-hydroxylation sites is 2. The van der Waals surface area contributed by atoms with E-state index < -0.39 is 0 Å². The number of hydrogen-bond donors (Lipinski definition) is 1. The molecular weight excluding hydrogens is 281 g/mol. The standard InChI is InChI=1S/C14H11Cl2N3/c1-19-12-5-3-2-4-11(12)18-14(19)9-6-8(15)7-10(16)13(9)17/h2-7H,17H2,1H3. The Morgan fingerprint density at radius 3 is 2.63 bits per heavy atom. The van der Waals surface area contributed by atoms with Crippen molar-refractivity contribution in [1.82, 2.24) is 9.55 Å². The molecule has 0 amide bonds. The normalized spacial score (nSPS) is 11.1. The molecule has 1 aromatic heterocycles. The maximum atomic E-state index is 6.07. The number of nitrogen functional groups attached to an aromatic ring is 1. The molecule has 96 valence electrons. The van der Waals surface area contributed by atoms with Gasteiger partial charge in [0.2, 0.25) is 0 Å². The number of aromatic nitrogens is 2. The fourth-order valence-electron chi connectivity index (χ4n) is 2.16. The molecule has 2 N–H and O–H groups in total. The number of aryl methyl sites for hydroxylation is 1. The van der Waals surface area contributed by atoms with E-state index in [4.69, 9.17) is 28.9 Å². The van der Waals surface area contributed by atoms with Crippen LogP contribution in [0.15, 0.2) is 36.4 Å². The predicted molar refractivity (Wildman–Crippen MR) is 80.6 cm³/mol. The number of anilines is 1. The van der Waals surface area contributed by atoms with Crippen molar-refractivity contribution in [3.05, 3.63) is 46.4 Å². The van der Waals surface area contributed by atoms with Crippen LogP contribution in [0.1, 0.15) is 0 Å². The number of nitrogens with zero attached hydrogens (tertiary/aromatic N) is 2. The number of fused-ring (bicyclic) bond motifs is 1. The van der Waals surface area contributed by atoms with E-state index in [9.17, 15) is 0 Å². The predicted octanol–water partition coefficient (Wildman–Crippen LogP) is 4.13. The van der Waals surface area contributed by atoms with Crippen LogP contribution < -0.4 is 5.73 Å². The molecule has 0 fully saturated rings. The molecule has 0 aliphatic heterocycles. The minimum absolute atomic E-state index is 0.439. The van der Waals surface area contributed by atoms with Gasteiger partial charge in [0, 0.05) is 17.6 Å². The minimum Gasteiger partial charge on any atom is -0.397 e. The van der Waals surface area contributed by atoms with E-state index in [0.717, 1.165) is 22.4 Å². The maximum Gasteiger partial charge on any atom is 0.143 e. The third-order valence-corrected chi connectivity index (χ3v) is 3.65. The number of halogens is 2. The zero-order chi connectivity index (χ0) is 13.6. The molecule has 0 unspecified atom stereocenters. The van der Waals surface area contributed by atoms with E-state index in [1.54, 1.807) is 12.1 Å². The zero-order valence-corrected chi connectivity index (χ0v) is 11.7. The average Bonchev–Trinajstić information content (AvgIpc) is 2.72. The van der Waals surface area contributed by atoms with Crippen molar-refractivity contribution in [3.8, 4) is 11.4 Å². The van der Waals surface area contributed by atoms with Gasteiger partial charge in [0.15, 0.2) is 0 Å². The Balaban J connectivity index is 2.33. The Morgan fingerprint density at radius 1 is 1.16 bits per heavy atom. The first kappa shape index (κ1) is 12.3. The van der Waals surface area contributed by atoms with E-state index in [1.807, 2.05) is 35.9 Å². The molecule has 0 saturated carbocycles. The van der Waals surface area contributed by atoms with Gasteiger partial charge in [-0.2, -0.15) is 0 Å². The topological polar surface area (TPSA) is 43.8 Å². The summed E-state index contributed by atoms with van der Waals surface area (Å²) in [5, 5.41) is 0.982. The Morgan fingerprint density at radius 2 is 1.89 bits per heavy atom. The second kappa shape index (κ2) is 4.44. The van der Waals surface area contributed by atoms with Crippen LogP contribution in [0, 0.1) is 0 Å². The summed E-state index contributed by atoms with van der Waals surface area (Å²) in [5.74, 6) is 0.753. The van der Waals surface area contributed by atoms with Gasteiger partial charge in [-0.15, -0.1) is 0 Å². The average molecular weight is 292 g/mol. The Hall–Kier alpha value is -1.71. The monoisotopic (exact) mass is 291 g/mol. The van der Waals surface area contributed by atoms with Crippen LogP contribution in [0.2, 0.25) is 10.0 Å². The first-order valence-electron chi connectivity index (χ1n) is 5.74. The van der Waals surface area contributed by atoms with Gasteiger partial charge in [-0.3, -0.25) is 0 Å². The van der Waals surface area contributed by atoms with Crippen LogP contribution in [-0.2, 0) is 7.05 Å². The molecule has 19 heavy (non-hydrogen) atoms. The number of benzene rings is 2. The quantitative estimate of drug-likeness (QED) is 0.685. The smallest absolute Gasteiger partial charge is 0.143 e. The van der Waals surface area contributed by atoms with Gasteiger partial charge in [0.05, 0.1) is 21.7 Å². The highest BCUT2D eigenvalue weighted by Gasteiger charge is 2.14. The summed E-state index contributed by atoms with van der Waals surface area (Å²) in [6, 6.07) is 11.3. The van der Waals surface area contributed by atoms with Crippen molar-refractivity contribution in [2.24, 2.45) is 7.05 Å². The zero-order valence-electron chi connectivity index (χ0n) is 10.2. The molecule has 3 rings (SSSR count). The van der Waals surface area contributed by atoms with Crippen molar-refractivity contribution >= 4 is 39.9 Å². The summed E-state index contributed by atoms with van der Waals surface area (Å²) in [7, 11) is 1.94. The van der Waals surface area contributed by atoms with Crippen LogP contribution in [-0.4, -0.2) is 9.55 Å². The van der Waals surface area contributed by atoms with E-state index in [-0.39, 0.29) is 0 Å². The fourth-order valence-corrected chi connectivity index (χ4v) is 2.65. The van der Waals surface area contributed by atoms with Gasteiger partial charge in [-0.1, -0.05) is 35.3 Å². The lowest BCUT2D eigenvalue weighted by Gasteiger charge is -2.08. The van der Waals surface area contributed by atoms with Crippen molar-refractivity contribution in [3.63, 3.8) is 0 Å². The largest absolute Gasteiger partial charge is 0.397 e. The summed E-state index contributed by atoms with van der Waals surface area (Å²) in [4.78, 5) is 4.59. The number of imidazole rings is 1. The SMILES string of the molecule is Cn1c(-c2cc(Cl)cc(Cl)c2N)nc2ccccc21. The van der Waals surface area contributed by atoms with Gasteiger partial charge < -0.3 is 10.3 Å². The van der Waals surface area contributed by atoms with Crippen molar-refractivity contribution in [2.45, 2.75) is 0 Å². The number of hydrogen-bond acceptors (Lipinski definition) is 2. The molecule has 1 heterocycles. The third kappa shape index (κ3) is 1.95. The van der Waals surface area contributed by atoms with Crippen molar-refractivity contribution < 1.29 is 0 Å². The first-order valence-corrected chi connectivity index (χ1v) is 6.50. The molecule has 0 aliphatic rings. The molecule has 5 heteroatoms. The fraction of sp³-hybridized carbons (Fsp3) is 0.0714. The van der Waals surface area contributed by atoms with Gasteiger partial charge in [-0.25, -0.2) is 4.98 Å². The lowest BCUT2D eigenvalue weighted by Crippen LogP contribution is -1.97. The molecule has 0 saturated heterocycles. The molecule has 0 atom stereocenters. The Bertz CT molecular complexity index is 778. The van der Waals surface area contributed by atoms with E-state index in [1.165, 1.54) is 0 Å².